The van der Waals surface area contributed by atoms with Gasteiger partial charge in [-0.1, -0.05) is 0 Å². The van der Waals surface area contributed by atoms with Crippen LogP contribution < -0.4 is 0 Å². The molecule has 0 spiro atoms. The van der Waals surface area contributed by atoms with Gasteiger partial charge < -0.3 is 18.9 Å². The Morgan fingerprint density at radius 2 is 1.28 bits per heavy atom. The van der Waals surface area contributed by atoms with Crippen LogP contribution in [0.25, 0.3) is 0 Å². The van der Waals surface area contributed by atoms with Crippen molar-refractivity contribution in [3.63, 3.8) is 0 Å². The number of ether oxygens (including phenoxy) is 4. The minimum atomic E-state index is 0.430. The van der Waals surface area contributed by atoms with Gasteiger partial charge >= 0.3 is 0 Å². The molecule has 0 aliphatic carbocycles. The Labute approximate surface area is 216 Å². The molecule has 32 heavy (non-hydrogen) atoms. The van der Waals surface area contributed by atoms with Gasteiger partial charge in [-0.25, -0.2) is 0 Å². The summed E-state index contributed by atoms with van der Waals surface area (Å²) in [5.74, 6) is 1.02. The fraction of sp³-hybridized carbons (Fsp3) is 0.727. The lowest BCUT2D eigenvalue weighted by Crippen LogP contribution is -2.16. The first-order valence-corrected chi connectivity index (χ1v) is 13.7. The van der Waals surface area contributed by atoms with E-state index in [1.807, 2.05) is 0 Å². The average molecular weight is 668 g/mol. The van der Waals surface area contributed by atoms with Crippen LogP contribution in [-0.2, 0) is 18.9 Å². The molecule has 4 saturated heterocycles. The van der Waals surface area contributed by atoms with Gasteiger partial charge in [-0.15, -0.1) is 0 Å². The zero-order chi connectivity index (χ0) is 21.9. The van der Waals surface area contributed by atoms with E-state index >= 15 is 0 Å². The lowest BCUT2D eigenvalue weighted by molar-refractivity contribution is 0.181. The number of aromatic nitrogens is 4. The fourth-order valence-electron chi connectivity index (χ4n) is 4.79. The number of nitrogens with zero attached hydrogens (tertiary/aromatic N) is 4. The van der Waals surface area contributed by atoms with E-state index in [4.69, 9.17) is 24.0 Å². The predicted molar refractivity (Wildman–Crippen MR) is 135 cm³/mol. The van der Waals surface area contributed by atoms with Crippen LogP contribution in [0.15, 0.2) is 12.1 Å². The second kappa shape index (κ2) is 11.0. The Hall–Kier alpha value is -0.280. The molecule has 2 aromatic heterocycles. The molecule has 4 aliphatic rings. The highest BCUT2D eigenvalue weighted by Crippen LogP contribution is 2.31. The van der Waals surface area contributed by atoms with E-state index in [0.717, 1.165) is 82.2 Å². The maximum absolute atomic E-state index is 5.46. The van der Waals surface area contributed by atoms with Gasteiger partial charge in [0, 0.05) is 44.0 Å². The summed E-state index contributed by atoms with van der Waals surface area (Å²) in [6.45, 7) is 6.76. The summed E-state index contributed by atoms with van der Waals surface area (Å²) < 4.78 is 28.3. The summed E-state index contributed by atoms with van der Waals surface area (Å²) in [5.41, 5.74) is 2.52. The van der Waals surface area contributed by atoms with Gasteiger partial charge in [0.05, 0.1) is 47.9 Å². The van der Waals surface area contributed by atoms with Crippen molar-refractivity contribution in [2.45, 2.75) is 49.6 Å². The summed E-state index contributed by atoms with van der Waals surface area (Å²) in [5, 5.41) is 9.33. The fourth-order valence-corrected chi connectivity index (χ4v) is 6.16. The standard InChI is InChI=1S/2C11H15IN2O2/c12-11-5-10(8-1-3-15-6-8)14(13-11)9-2-4-16-7-9;12-11-5-10(8-1-3-15-6-8)13-14(11)9-2-4-16-7-9/h2*5,8-9H,1-4,6-7H2. The molecule has 0 amide bonds. The minimum absolute atomic E-state index is 0.430. The quantitative estimate of drug-likeness (QED) is 0.461. The van der Waals surface area contributed by atoms with E-state index in [9.17, 15) is 0 Å². The Morgan fingerprint density at radius 1 is 0.688 bits per heavy atom. The molecule has 4 unspecified atom stereocenters. The van der Waals surface area contributed by atoms with Crippen LogP contribution in [0.5, 0.6) is 0 Å². The normalized spacial score (nSPS) is 30.1. The summed E-state index contributed by atoms with van der Waals surface area (Å²) in [6, 6.07) is 5.25. The molecular formula is C22H30I2N4O4. The molecule has 0 N–H and O–H groups in total. The maximum atomic E-state index is 5.46. The summed E-state index contributed by atoms with van der Waals surface area (Å²) in [4.78, 5) is 0. The summed E-state index contributed by atoms with van der Waals surface area (Å²) >= 11 is 4.65. The van der Waals surface area contributed by atoms with E-state index in [1.54, 1.807) is 0 Å². The van der Waals surface area contributed by atoms with Crippen molar-refractivity contribution in [1.29, 1.82) is 0 Å². The van der Waals surface area contributed by atoms with Crippen LogP contribution in [0.2, 0.25) is 0 Å². The minimum Gasteiger partial charge on any atom is -0.381 e. The zero-order valence-corrected chi connectivity index (χ0v) is 22.4. The van der Waals surface area contributed by atoms with Crippen LogP contribution in [0.1, 0.15) is 61.0 Å². The molecule has 6 heterocycles. The lowest BCUT2D eigenvalue weighted by atomic mass is 10.0. The lowest BCUT2D eigenvalue weighted by Gasteiger charge is -2.15. The Balaban J connectivity index is 0.000000135. The molecule has 0 bridgehead atoms. The molecule has 4 fully saturated rings. The Kier molecular flexibility index (Phi) is 8.05. The third-order valence-corrected chi connectivity index (χ3v) is 7.98. The highest BCUT2D eigenvalue weighted by Gasteiger charge is 2.28. The SMILES string of the molecule is Ic1cc(C2CCOC2)n(C2CCOC2)n1.Ic1cc(C2CCOC2)nn1C1CCOC1. The van der Waals surface area contributed by atoms with Gasteiger partial charge in [-0.3, -0.25) is 9.36 Å². The first kappa shape index (κ1) is 23.5. The molecule has 4 aliphatic heterocycles. The molecule has 6 rings (SSSR count). The van der Waals surface area contributed by atoms with E-state index < -0.39 is 0 Å². The van der Waals surface area contributed by atoms with Crippen molar-refractivity contribution < 1.29 is 18.9 Å². The van der Waals surface area contributed by atoms with Crippen LogP contribution in [0.4, 0.5) is 0 Å². The molecule has 0 aromatic carbocycles. The number of rotatable bonds is 4. The maximum Gasteiger partial charge on any atom is 0.123 e. The van der Waals surface area contributed by atoms with Crippen LogP contribution in [0.3, 0.4) is 0 Å². The molecule has 0 radical (unpaired) electrons. The highest BCUT2D eigenvalue weighted by atomic mass is 127. The van der Waals surface area contributed by atoms with Gasteiger partial charge in [0.15, 0.2) is 0 Å². The van der Waals surface area contributed by atoms with Crippen molar-refractivity contribution in [2.75, 3.05) is 52.9 Å². The highest BCUT2D eigenvalue weighted by molar-refractivity contribution is 14.1. The molecule has 8 nitrogen and oxygen atoms in total. The second-order valence-corrected chi connectivity index (χ2v) is 11.0. The van der Waals surface area contributed by atoms with E-state index in [-0.39, 0.29) is 0 Å². The third kappa shape index (κ3) is 5.35. The van der Waals surface area contributed by atoms with Gasteiger partial charge in [0.2, 0.25) is 0 Å². The van der Waals surface area contributed by atoms with Crippen molar-refractivity contribution >= 4 is 45.2 Å². The van der Waals surface area contributed by atoms with Gasteiger partial charge in [-0.05, 0) is 83.0 Å². The smallest absolute Gasteiger partial charge is 0.123 e. The molecule has 2 aromatic rings. The first-order valence-electron chi connectivity index (χ1n) is 11.5. The largest absolute Gasteiger partial charge is 0.381 e. The zero-order valence-electron chi connectivity index (χ0n) is 18.1. The topological polar surface area (TPSA) is 72.6 Å². The second-order valence-electron chi connectivity index (χ2n) is 8.83. The molecule has 0 saturated carbocycles. The molecule has 10 heteroatoms. The monoisotopic (exact) mass is 668 g/mol. The molecule has 4 atom stereocenters. The average Bonchev–Trinajstić information content (AvgIpc) is 3.62. The van der Waals surface area contributed by atoms with Crippen LogP contribution in [0, 0.1) is 7.40 Å². The van der Waals surface area contributed by atoms with E-state index in [1.165, 1.54) is 15.1 Å². The Morgan fingerprint density at radius 3 is 1.88 bits per heavy atom. The molecule has 176 valence electrons. The van der Waals surface area contributed by atoms with Crippen molar-refractivity contribution in [3.05, 3.63) is 30.9 Å². The van der Waals surface area contributed by atoms with Gasteiger partial charge in [0.25, 0.3) is 0 Å². The third-order valence-electron chi connectivity index (χ3n) is 6.64. The van der Waals surface area contributed by atoms with Crippen molar-refractivity contribution in [1.82, 2.24) is 19.6 Å². The van der Waals surface area contributed by atoms with E-state index in [0.29, 0.717) is 23.9 Å². The summed E-state index contributed by atoms with van der Waals surface area (Å²) in [6.07, 6.45) is 4.39. The summed E-state index contributed by atoms with van der Waals surface area (Å²) in [7, 11) is 0. The number of halogens is 2. The van der Waals surface area contributed by atoms with Gasteiger partial charge in [-0.2, -0.15) is 10.2 Å². The van der Waals surface area contributed by atoms with Crippen molar-refractivity contribution in [2.24, 2.45) is 0 Å². The van der Waals surface area contributed by atoms with Crippen LogP contribution >= 0.6 is 45.2 Å². The van der Waals surface area contributed by atoms with E-state index in [2.05, 4.69) is 71.8 Å². The Bertz CT molecular complexity index is 847. The number of hydrogen-bond acceptors (Lipinski definition) is 6. The van der Waals surface area contributed by atoms with Crippen LogP contribution in [-0.4, -0.2) is 72.4 Å². The van der Waals surface area contributed by atoms with Gasteiger partial charge in [0.1, 0.15) is 3.70 Å². The predicted octanol–water partition coefficient (Wildman–Crippen LogP) is 3.91. The molecular weight excluding hydrogens is 638 g/mol. The van der Waals surface area contributed by atoms with Crippen molar-refractivity contribution in [3.8, 4) is 0 Å². The number of hydrogen-bond donors (Lipinski definition) is 0. The first-order chi connectivity index (χ1) is 15.7.